The summed E-state index contributed by atoms with van der Waals surface area (Å²) in [5, 5.41) is 0. The van der Waals surface area contributed by atoms with Gasteiger partial charge in [-0.05, 0) is 38.8 Å². The predicted molar refractivity (Wildman–Crippen MR) is 191 cm³/mol. The van der Waals surface area contributed by atoms with Gasteiger partial charge in [-0.1, -0.05) is 201 Å². The summed E-state index contributed by atoms with van der Waals surface area (Å²) in [6.07, 6.45) is 45.8. The molecule has 0 aliphatic heterocycles. The summed E-state index contributed by atoms with van der Waals surface area (Å²) in [5.74, 6) is 2.74. The maximum Gasteiger partial charge on any atom is 0.00369 e. The lowest BCUT2D eigenvalue weighted by Crippen LogP contribution is -1.97. The summed E-state index contributed by atoms with van der Waals surface area (Å²) < 4.78 is 0. The monoisotopic (exact) mass is 601 g/mol. The molecule has 0 aliphatic carbocycles. The quantitative estimate of drug-likeness (QED) is 0.0550. The molecule has 0 rings (SSSR count). The van der Waals surface area contributed by atoms with Gasteiger partial charge in [-0.15, -0.1) is 0 Å². The van der Waals surface area contributed by atoms with Gasteiger partial charge in [0.2, 0.25) is 0 Å². The van der Waals surface area contributed by atoms with E-state index in [1.54, 1.807) is 0 Å². The number of hydrogen-bond acceptors (Lipinski definition) is 4. The van der Waals surface area contributed by atoms with Crippen molar-refractivity contribution in [1.29, 1.82) is 0 Å². The van der Waals surface area contributed by atoms with Crippen molar-refractivity contribution in [2.45, 2.75) is 205 Å². The molecule has 0 aromatic carbocycles. The Labute approximate surface area is 262 Å². The molecule has 0 fully saturated rings. The summed E-state index contributed by atoms with van der Waals surface area (Å²) in [5.41, 5.74) is 11.1. The molecule has 242 valence electrons. The van der Waals surface area contributed by atoms with Crippen LogP contribution in [0.5, 0.6) is 0 Å². The molecule has 0 aromatic heterocycles. The van der Waals surface area contributed by atoms with E-state index in [2.05, 4.69) is 21.6 Å². The number of nitrogens with two attached hydrogens (primary N) is 2. The highest BCUT2D eigenvalue weighted by Gasteiger charge is 1.98. The maximum atomic E-state index is 5.55. The minimum Gasteiger partial charge on any atom is -0.330 e. The highest BCUT2D eigenvalue weighted by atomic mass is 33.1. The van der Waals surface area contributed by atoms with E-state index in [-0.39, 0.29) is 0 Å². The zero-order valence-electron chi connectivity index (χ0n) is 27.4. The minimum atomic E-state index is 0.872. The van der Waals surface area contributed by atoms with E-state index < -0.39 is 0 Å². The van der Waals surface area contributed by atoms with Crippen LogP contribution in [0.3, 0.4) is 0 Å². The maximum absolute atomic E-state index is 5.55. The first-order chi connectivity index (χ1) is 19.9. The fourth-order valence-electron chi connectivity index (χ4n) is 5.68. The number of hydrogen-bond donors (Lipinski definition) is 2. The summed E-state index contributed by atoms with van der Waals surface area (Å²) >= 11 is 0. The van der Waals surface area contributed by atoms with Crippen molar-refractivity contribution in [2.75, 3.05) is 24.6 Å². The van der Waals surface area contributed by atoms with Crippen LogP contribution in [0, 0.1) is 0 Å². The van der Waals surface area contributed by atoms with Crippen molar-refractivity contribution in [1.82, 2.24) is 0 Å². The molecule has 0 aromatic rings. The van der Waals surface area contributed by atoms with Crippen LogP contribution < -0.4 is 11.5 Å². The largest absolute Gasteiger partial charge is 0.330 e. The Bertz CT molecular complexity index is 384. The number of rotatable bonds is 37. The van der Waals surface area contributed by atoms with E-state index in [9.17, 15) is 0 Å². The Hall–Kier alpha value is 0.620. The van der Waals surface area contributed by atoms with Gasteiger partial charge in [-0.3, -0.25) is 0 Å². The SMILES string of the molecule is NCCCCCCCCCCCCCCCCCCSSCCCCCCCCCCCCCCCCCCN. The highest BCUT2D eigenvalue weighted by Crippen LogP contribution is 2.25. The molecule has 40 heavy (non-hydrogen) atoms. The minimum absolute atomic E-state index is 0.872. The average Bonchev–Trinajstić information content (AvgIpc) is 2.97. The zero-order valence-corrected chi connectivity index (χ0v) is 29.1. The fourth-order valence-corrected chi connectivity index (χ4v) is 7.97. The Kier molecular flexibility index (Phi) is 40.2. The van der Waals surface area contributed by atoms with E-state index in [0.29, 0.717) is 0 Å². The third-order valence-corrected chi connectivity index (χ3v) is 11.0. The first kappa shape index (κ1) is 40.6. The first-order valence-electron chi connectivity index (χ1n) is 18.6. The van der Waals surface area contributed by atoms with Gasteiger partial charge in [0, 0.05) is 11.5 Å². The van der Waals surface area contributed by atoms with Crippen molar-refractivity contribution < 1.29 is 0 Å². The lowest BCUT2D eigenvalue weighted by Gasteiger charge is -2.04. The molecule has 0 saturated carbocycles. The molecule has 4 N–H and O–H groups in total. The molecule has 0 saturated heterocycles. The van der Waals surface area contributed by atoms with Crippen molar-refractivity contribution in [3.8, 4) is 0 Å². The standard InChI is InChI=1S/C36H76N2S2/c37-33-29-25-21-17-13-9-5-1-3-7-11-15-19-23-27-31-35-39-40-36-32-28-24-20-16-12-8-4-2-6-10-14-18-22-26-30-34-38/h1-38H2. The second-order valence-electron chi connectivity index (χ2n) is 12.5. The third kappa shape index (κ3) is 38.6. The lowest BCUT2D eigenvalue weighted by molar-refractivity contribution is 0.530. The summed E-state index contributed by atoms with van der Waals surface area (Å²) in [4.78, 5) is 0. The molecule has 0 atom stereocenters. The van der Waals surface area contributed by atoms with Crippen molar-refractivity contribution >= 4 is 21.6 Å². The Morgan fingerprint density at radius 2 is 0.350 bits per heavy atom. The molecular weight excluding hydrogens is 525 g/mol. The van der Waals surface area contributed by atoms with Gasteiger partial charge in [0.15, 0.2) is 0 Å². The van der Waals surface area contributed by atoms with Crippen molar-refractivity contribution in [3.05, 3.63) is 0 Å². The van der Waals surface area contributed by atoms with E-state index in [0.717, 1.165) is 13.1 Å². The third-order valence-electron chi connectivity index (χ3n) is 8.45. The molecule has 0 amide bonds. The topological polar surface area (TPSA) is 52.0 Å². The molecule has 0 bridgehead atoms. The van der Waals surface area contributed by atoms with Crippen LogP contribution in [0.25, 0.3) is 0 Å². The van der Waals surface area contributed by atoms with Gasteiger partial charge in [0.25, 0.3) is 0 Å². The van der Waals surface area contributed by atoms with Gasteiger partial charge in [0.05, 0.1) is 0 Å². The van der Waals surface area contributed by atoms with Gasteiger partial charge < -0.3 is 11.5 Å². The van der Waals surface area contributed by atoms with Gasteiger partial charge in [0.1, 0.15) is 0 Å². The molecule has 0 heterocycles. The molecule has 0 unspecified atom stereocenters. The van der Waals surface area contributed by atoms with Crippen LogP contribution >= 0.6 is 21.6 Å². The summed E-state index contributed by atoms with van der Waals surface area (Å²) in [6.45, 7) is 1.74. The summed E-state index contributed by atoms with van der Waals surface area (Å²) in [7, 11) is 4.27. The average molecular weight is 601 g/mol. The second kappa shape index (κ2) is 39.6. The fraction of sp³-hybridized carbons (Fsp3) is 1.00. The van der Waals surface area contributed by atoms with Gasteiger partial charge in [-0.25, -0.2) is 0 Å². The molecule has 4 heteroatoms. The van der Waals surface area contributed by atoms with Gasteiger partial charge >= 0.3 is 0 Å². The van der Waals surface area contributed by atoms with E-state index >= 15 is 0 Å². The van der Waals surface area contributed by atoms with Crippen LogP contribution in [0.1, 0.15) is 205 Å². The van der Waals surface area contributed by atoms with E-state index in [1.807, 2.05) is 0 Å². The first-order valence-corrected chi connectivity index (χ1v) is 21.0. The van der Waals surface area contributed by atoms with Gasteiger partial charge in [-0.2, -0.15) is 0 Å². The Morgan fingerprint density at radius 3 is 0.525 bits per heavy atom. The second-order valence-corrected chi connectivity index (χ2v) is 15.2. The van der Waals surface area contributed by atoms with Crippen molar-refractivity contribution in [3.63, 3.8) is 0 Å². The lowest BCUT2D eigenvalue weighted by atomic mass is 10.0. The molecule has 0 radical (unpaired) electrons. The van der Waals surface area contributed by atoms with E-state index in [1.165, 1.54) is 217 Å². The molecule has 2 nitrogen and oxygen atoms in total. The normalized spacial score (nSPS) is 11.6. The van der Waals surface area contributed by atoms with Crippen LogP contribution in [0.2, 0.25) is 0 Å². The van der Waals surface area contributed by atoms with E-state index in [4.69, 9.17) is 11.5 Å². The van der Waals surface area contributed by atoms with Crippen LogP contribution in [-0.2, 0) is 0 Å². The van der Waals surface area contributed by atoms with Crippen LogP contribution in [-0.4, -0.2) is 24.6 Å². The smallest absolute Gasteiger partial charge is 0.00369 e. The highest BCUT2D eigenvalue weighted by molar-refractivity contribution is 8.76. The Morgan fingerprint density at radius 1 is 0.200 bits per heavy atom. The van der Waals surface area contributed by atoms with Crippen molar-refractivity contribution in [2.24, 2.45) is 11.5 Å². The Balaban J connectivity index is 3.01. The summed E-state index contributed by atoms with van der Waals surface area (Å²) in [6, 6.07) is 0. The molecular formula is C36H76N2S2. The van der Waals surface area contributed by atoms with Crippen LogP contribution in [0.15, 0.2) is 0 Å². The molecule has 0 spiro atoms. The molecule has 0 aliphatic rings. The predicted octanol–water partition coefficient (Wildman–Crippen LogP) is 12.8. The van der Waals surface area contributed by atoms with Crippen LogP contribution in [0.4, 0.5) is 0 Å². The number of unbranched alkanes of at least 4 members (excludes halogenated alkanes) is 30. The zero-order chi connectivity index (χ0) is 28.9.